The van der Waals surface area contributed by atoms with Gasteiger partial charge in [0.05, 0.1) is 4.90 Å². The van der Waals surface area contributed by atoms with Crippen LogP contribution in [0, 0.1) is 0 Å². The summed E-state index contributed by atoms with van der Waals surface area (Å²) in [6, 6.07) is 16.8. The lowest BCUT2D eigenvalue weighted by molar-refractivity contribution is 0.159. The maximum Gasteiger partial charge on any atom is 0.243 e. The minimum atomic E-state index is -3.53. The molecule has 0 unspecified atom stereocenters. The third-order valence-electron chi connectivity index (χ3n) is 5.01. The molecule has 28 heavy (non-hydrogen) atoms. The zero-order valence-corrected chi connectivity index (χ0v) is 16.4. The first-order chi connectivity index (χ1) is 13.6. The van der Waals surface area contributed by atoms with E-state index in [1.807, 2.05) is 36.4 Å². The summed E-state index contributed by atoms with van der Waals surface area (Å²) >= 11 is 0. The smallest absolute Gasteiger partial charge is 0.243 e. The van der Waals surface area contributed by atoms with Gasteiger partial charge in [-0.15, -0.1) is 0 Å². The Balaban J connectivity index is 1.37. The van der Waals surface area contributed by atoms with Gasteiger partial charge in [-0.25, -0.2) is 8.42 Å². The summed E-state index contributed by atoms with van der Waals surface area (Å²) < 4.78 is 33.7. The minimum absolute atomic E-state index is 0.355. The van der Waals surface area contributed by atoms with E-state index in [0.29, 0.717) is 37.7 Å². The van der Waals surface area contributed by atoms with E-state index >= 15 is 0 Å². The van der Waals surface area contributed by atoms with Crippen molar-refractivity contribution >= 4 is 20.8 Å². The average molecular weight is 398 g/mol. The fourth-order valence-corrected chi connectivity index (χ4v) is 5.10. The lowest BCUT2D eigenvalue weighted by Gasteiger charge is -2.34. The van der Waals surface area contributed by atoms with Crippen molar-refractivity contribution in [2.45, 2.75) is 4.90 Å². The number of aromatic nitrogens is 1. The summed E-state index contributed by atoms with van der Waals surface area (Å²) in [5.74, 6) is 0.856. The molecule has 0 radical (unpaired) electrons. The molecule has 6 nitrogen and oxygen atoms in total. The van der Waals surface area contributed by atoms with Crippen LogP contribution in [-0.4, -0.2) is 61.9 Å². The first-order valence-electron chi connectivity index (χ1n) is 9.38. The van der Waals surface area contributed by atoms with Crippen LogP contribution in [-0.2, 0) is 10.0 Å². The summed E-state index contributed by atoms with van der Waals surface area (Å²) in [5.41, 5.74) is 0. The number of benzene rings is 2. The highest BCUT2D eigenvalue weighted by Gasteiger charge is 2.29. The molecule has 146 valence electrons. The highest BCUT2D eigenvalue weighted by atomic mass is 32.2. The van der Waals surface area contributed by atoms with E-state index in [9.17, 15) is 8.42 Å². The van der Waals surface area contributed by atoms with E-state index in [4.69, 9.17) is 4.74 Å². The molecular weight excluding hydrogens is 374 g/mol. The number of para-hydroxylation sites is 1. The second-order valence-corrected chi connectivity index (χ2v) is 8.67. The van der Waals surface area contributed by atoms with Gasteiger partial charge in [-0.1, -0.05) is 30.3 Å². The highest BCUT2D eigenvalue weighted by molar-refractivity contribution is 7.89. The molecule has 1 aliphatic rings. The molecule has 4 rings (SSSR count). The number of nitrogens with zero attached hydrogens (tertiary/aromatic N) is 3. The number of hydrogen-bond acceptors (Lipinski definition) is 5. The van der Waals surface area contributed by atoms with Crippen molar-refractivity contribution in [1.82, 2.24) is 14.2 Å². The molecule has 0 bridgehead atoms. The summed E-state index contributed by atoms with van der Waals surface area (Å²) in [4.78, 5) is 6.67. The lowest BCUT2D eigenvalue weighted by Crippen LogP contribution is -2.49. The van der Waals surface area contributed by atoms with Crippen molar-refractivity contribution in [1.29, 1.82) is 0 Å². The molecule has 0 atom stereocenters. The Hall–Kier alpha value is -2.48. The van der Waals surface area contributed by atoms with Crippen molar-refractivity contribution in [3.05, 3.63) is 67.0 Å². The molecule has 3 aromatic rings. The van der Waals surface area contributed by atoms with Crippen LogP contribution in [0.25, 0.3) is 10.8 Å². The van der Waals surface area contributed by atoms with E-state index in [1.54, 1.807) is 34.9 Å². The monoisotopic (exact) mass is 397 g/mol. The van der Waals surface area contributed by atoms with Crippen LogP contribution in [0.4, 0.5) is 0 Å². The summed E-state index contributed by atoms with van der Waals surface area (Å²) in [5, 5.41) is 1.55. The third-order valence-corrected chi connectivity index (χ3v) is 6.97. The van der Waals surface area contributed by atoms with Crippen LogP contribution in [0.5, 0.6) is 5.75 Å². The van der Waals surface area contributed by atoms with E-state index in [1.165, 1.54) is 0 Å². The fraction of sp³-hybridized carbons (Fsp3) is 0.286. The van der Waals surface area contributed by atoms with Crippen molar-refractivity contribution < 1.29 is 13.2 Å². The second kappa shape index (κ2) is 8.26. The Morgan fingerprint density at radius 3 is 2.50 bits per heavy atom. The van der Waals surface area contributed by atoms with E-state index in [0.717, 1.165) is 23.1 Å². The van der Waals surface area contributed by atoms with Gasteiger partial charge < -0.3 is 4.74 Å². The van der Waals surface area contributed by atoms with Gasteiger partial charge in [-0.3, -0.25) is 9.88 Å². The van der Waals surface area contributed by atoms with Gasteiger partial charge in [-0.2, -0.15) is 4.31 Å². The Morgan fingerprint density at radius 1 is 0.929 bits per heavy atom. The number of rotatable bonds is 6. The quantitative estimate of drug-likeness (QED) is 0.640. The van der Waals surface area contributed by atoms with Gasteiger partial charge in [0.25, 0.3) is 0 Å². The molecule has 2 aromatic carbocycles. The van der Waals surface area contributed by atoms with Crippen LogP contribution in [0.15, 0.2) is 71.9 Å². The normalized spacial score (nSPS) is 16.3. The molecule has 0 spiro atoms. The summed E-state index contributed by atoms with van der Waals surface area (Å²) in [6.07, 6.45) is 3.32. The third kappa shape index (κ3) is 4.01. The first-order valence-corrected chi connectivity index (χ1v) is 10.8. The number of ether oxygens (including phenoxy) is 1. The topological polar surface area (TPSA) is 62.7 Å². The van der Waals surface area contributed by atoms with Gasteiger partial charge in [0, 0.05) is 55.9 Å². The molecule has 0 N–H and O–H groups in total. The molecule has 1 aromatic heterocycles. The van der Waals surface area contributed by atoms with Gasteiger partial charge in [0.2, 0.25) is 10.0 Å². The van der Waals surface area contributed by atoms with Crippen LogP contribution >= 0.6 is 0 Å². The summed E-state index contributed by atoms with van der Waals surface area (Å²) in [6.45, 7) is 3.73. The standard InChI is InChI=1S/C21H23N3O3S/c25-28(26,21-8-4-5-18-17-22-10-9-20(18)21)24-13-11-23(12-14-24)15-16-27-19-6-2-1-3-7-19/h1-10,17H,11-16H2. The number of hydrogen-bond donors (Lipinski definition) is 0. The molecule has 1 fully saturated rings. The summed E-state index contributed by atoms with van der Waals surface area (Å²) in [7, 11) is -3.53. The Kier molecular flexibility index (Phi) is 5.57. The number of piperazine rings is 1. The fourth-order valence-electron chi connectivity index (χ4n) is 3.46. The Labute approximate surface area is 165 Å². The predicted molar refractivity (Wildman–Crippen MR) is 109 cm³/mol. The van der Waals surface area contributed by atoms with Crippen molar-refractivity contribution in [3.8, 4) is 5.75 Å². The minimum Gasteiger partial charge on any atom is -0.492 e. The molecular formula is C21H23N3O3S. The molecule has 2 heterocycles. The van der Waals surface area contributed by atoms with Crippen molar-refractivity contribution in [2.24, 2.45) is 0 Å². The van der Waals surface area contributed by atoms with E-state index in [-0.39, 0.29) is 0 Å². The Morgan fingerprint density at radius 2 is 1.71 bits per heavy atom. The van der Waals surface area contributed by atoms with Crippen LogP contribution in [0.2, 0.25) is 0 Å². The van der Waals surface area contributed by atoms with Crippen LogP contribution < -0.4 is 4.74 Å². The molecule has 1 aliphatic heterocycles. The second-order valence-electron chi connectivity index (χ2n) is 6.76. The molecule has 0 aliphatic carbocycles. The van der Waals surface area contributed by atoms with Crippen LogP contribution in [0.3, 0.4) is 0 Å². The zero-order valence-electron chi connectivity index (χ0n) is 15.6. The molecule has 7 heteroatoms. The van der Waals surface area contributed by atoms with Crippen LogP contribution in [0.1, 0.15) is 0 Å². The van der Waals surface area contributed by atoms with Crippen molar-refractivity contribution in [2.75, 3.05) is 39.3 Å². The number of pyridine rings is 1. The Bertz CT molecular complexity index is 1030. The van der Waals surface area contributed by atoms with Gasteiger partial charge >= 0.3 is 0 Å². The average Bonchev–Trinajstić information content (AvgIpc) is 2.74. The molecule has 1 saturated heterocycles. The zero-order chi connectivity index (χ0) is 19.4. The molecule has 0 saturated carbocycles. The molecule has 0 amide bonds. The van der Waals surface area contributed by atoms with E-state index in [2.05, 4.69) is 9.88 Å². The number of fused-ring (bicyclic) bond motifs is 1. The van der Waals surface area contributed by atoms with Gasteiger partial charge in [0.15, 0.2) is 0 Å². The lowest BCUT2D eigenvalue weighted by atomic mass is 10.2. The number of sulfonamides is 1. The maximum absolute atomic E-state index is 13.2. The van der Waals surface area contributed by atoms with E-state index < -0.39 is 10.0 Å². The SMILES string of the molecule is O=S(=O)(c1cccc2cnccc12)N1CCN(CCOc2ccccc2)CC1. The van der Waals surface area contributed by atoms with Crippen molar-refractivity contribution in [3.63, 3.8) is 0 Å². The predicted octanol–water partition coefficient (Wildman–Crippen LogP) is 2.62. The largest absolute Gasteiger partial charge is 0.492 e. The highest BCUT2D eigenvalue weighted by Crippen LogP contribution is 2.25. The maximum atomic E-state index is 13.2. The first kappa shape index (κ1) is 18.9. The van der Waals surface area contributed by atoms with Gasteiger partial charge in [0.1, 0.15) is 12.4 Å². The van der Waals surface area contributed by atoms with Gasteiger partial charge in [-0.05, 0) is 24.3 Å².